The molecule has 1 amide bonds. The van der Waals surface area contributed by atoms with Crippen molar-refractivity contribution in [1.82, 2.24) is 15.3 Å². The monoisotopic (exact) mass is 491 g/mol. The van der Waals surface area contributed by atoms with Crippen LogP contribution in [0, 0.1) is 5.92 Å². The van der Waals surface area contributed by atoms with E-state index in [2.05, 4.69) is 20.5 Å². The number of ether oxygens (including phenoxy) is 3. The molecule has 2 aromatic carbocycles. The fourth-order valence-electron chi connectivity index (χ4n) is 4.42. The van der Waals surface area contributed by atoms with Gasteiger partial charge in [-0.2, -0.15) is 4.98 Å². The summed E-state index contributed by atoms with van der Waals surface area (Å²) in [7, 11) is 4.71. The Morgan fingerprint density at radius 2 is 1.78 bits per heavy atom. The zero-order valence-electron chi connectivity index (χ0n) is 21.2. The van der Waals surface area contributed by atoms with Crippen LogP contribution in [-0.4, -0.2) is 50.3 Å². The standard InChI is InChI=1S/C27H33N5O4/c1-18(19-9-6-5-7-10-19)29-26(33)20-11-8-14-32(17-20)24-12-13-28-27(31-24)30-21-15-22(34-2)25(36-4)23(16-21)35-3/h5-7,9-10,12-13,15-16,18,20H,8,11,14,17H2,1-4H3,(H,29,33)(H,28,30,31)/t18-,20?/m0/s1. The van der Waals surface area contributed by atoms with Gasteiger partial charge in [-0.05, 0) is 31.4 Å². The molecule has 0 spiro atoms. The molecule has 1 saturated heterocycles. The third-order valence-electron chi connectivity index (χ3n) is 6.34. The van der Waals surface area contributed by atoms with Gasteiger partial charge < -0.3 is 29.7 Å². The maximum Gasteiger partial charge on any atom is 0.229 e. The third-order valence-corrected chi connectivity index (χ3v) is 6.34. The van der Waals surface area contributed by atoms with Crippen LogP contribution < -0.4 is 29.7 Å². The minimum atomic E-state index is -0.105. The van der Waals surface area contributed by atoms with Crippen molar-refractivity contribution in [3.8, 4) is 17.2 Å². The van der Waals surface area contributed by atoms with E-state index in [1.165, 1.54) is 0 Å². The molecule has 2 heterocycles. The molecule has 9 nitrogen and oxygen atoms in total. The first-order chi connectivity index (χ1) is 17.5. The normalized spacial score (nSPS) is 16.1. The number of hydrogen-bond donors (Lipinski definition) is 2. The number of rotatable bonds is 9. The van der Waals surface area contributed by atoms with E-state index < -0.39 is 0 Å². The lowest BCUT2D eigenvalue weighted by Crippen LogP contribution is -2.44. The first-order valence-corrected chi connectivity index (χ1v) is 12.0. The van der Waals surface area contributed by atoms with Crippen LogP contribution >= 0.6 is 0 Å². The Balaban J connectivity index is 1.45. The van der Waals surface area contributed by atoms with Crippen LogP contribution in [0.2, 0.25) is 0 Å². The number of hydrogen-bond acceptors (Lipinski definition) is 8. The van der Waals surface area contributed by atoms with E-state index in [-0.39, 0.29) is 17.9 Å². The highest BCUT2D eigenvalue weighted by Gasteiger charge is 2.27. The average molecular weight is 492 g/mol. The first-order valence-electron chi connectivity index (χ1n) is 12.0. The van der Waals surface area contributed by atoms with Gasteiger partial charge in [-0.25, -0.2) is 4.98 Å². The Kier molecular flexibility index (Phi) is 8.10. The highest BCUT2D eigenvalue weighted by Crippen LogP contribution is 2.40. The maximum atomic E-state index is 13.0. The predicted octanol–water partition coefficient (Wildman–Crippen LogP) is 4.34. The largest absolute Gasteiger partial charge is 0.493 e. The molecule has 0 saturated carbocycles. The smallest absolute Gasteiger partial charge is 0.229 e. The van der Waals surface area contributed by atoms with Crippen molar-refractivity contribution in [2.45, 2.75) is 25.8 Å². The van der Waals surface area contributed by atoms with Gasteiger partial charge >= 0.3 is 0 Å². The second-order valence-electron chi connectivity index (χ2n) is 8.70. The summed E-state index contributed by atoms with van der Waals surface area (Å²) >= 11 is 0. The second kappa shape index (κ2) is 11.6. The van der Waals surface area contributed by atoms with Gasteiger partial charge in [0.1, 0.15) is 5.82 Å². The molecule has 1 aromatic heterocycles. The van der Waals surface area contributed by atoms with Crippen LogP contribution in [0.1, 0.15) is 31.4 Å². The van der Waals surface area contributed by atoms with Crippen LogP contribution in [0.25, 0.3) is 0 Å². The van der Waals surface area contributed by atoms with Gasteiger partial charge in [0.2, 0.25) is 17.6 Å². The molecule has 0 bridgehead atoms. The molecule has 3 aromatic rings. The Morgan fingerprint density at radius 1 is 1.06 bits per heavy atom. The number of nitrogens with one attached hydrogen (secondary N) is 2. The molecular formula is C27H33N5O4. The SMILES string of the molecule is COc1cc(Nc2nccc(N3CCCC(C(=O)N[C@@H](C)c4ccccc4)C3)n2)cc(OC)c1OC. The molecule has 1 aliphatic rings. The molecule has 36 heavy (non-hydrogen) atoms. The minimum Gasteiger partial charge on any atom is -0.493 e. The Hall–Kier alpha value is -4.01. The summed E-state index contributed by atoms with van der Waals surface area (Å²) < 4.78 is 16.3. The fourth-order valence-corrected chi connectivity index (χ4v) is 4.42. The van der Waals surface area contributed by atoms with Crippen LogP contribution in [0.15, 0.2) is 54.7 Å². The van der Waals surface area contributed by atoms with E-state index in [9.17, 15) is 4.79 Å². The molecule has 1 aliphatic heterocycles. The van der Waals surface area contributed by atoms with Crippen molar-refractivity contribution >= 4 is 23.4 Å². The number of piperidine rings is 1. The van der Waals surface area contributed by atoms with Gasteiger partial charge in [-0.3, -0.25) is 4.79 Å². The van der Waals surface area contributed by atoms with Gasteiger partial charge in [0.05, 0.1) is 33.3 Å². The van der Waals surface area contributed by atoms with Crippen molar-refractivity contribution < 1.29 is 19.0 Å². The second-order valence-corrected chi connectivity index (χ2v) is 8.70. The summed E-state index contributed by atoms with van der Waals surface area (Å²) in [6, 6.07) is 15.4. The number of carbonyl (C=O) groups is 1. The molecule has 1 unspecified atom stereocenters. The predicted molar refractivity (Wildman–Crippen MR) is 139 cm³/mol. The summed E-state index contributed by atoms with van der Waals surface area (Å²) in [4.78, 5) is 24.2. The van der Waals surface area contributed by atoms with E-state index >= 15 is 0 Å². The molecular weight excluding hydrogens is 458 g/mol. The van der Waals surface area contributed by atoms with Gasteiger partial charge in [-0.15, -0.1) is 0 Å². The number of carbonyl (C=O) groups excluding carboxylic acids is 1. The third kappa shape index (κ3) is 5.79. The number of anilines is 3. The molecule has 190 valence electrons. The number of amides is 1. The average Bonchev–Trinajstić information content (AvgIpc) is 2.93. The van der Waals surface area contributed by atoms with Crippen molar-refractivity contribution in [3.63, 3.8) is 0 Å². The zero-order chi connectivity index (χ0) is 25.5. The van der Waals surface area contributed by atoms with E-state index in [1.807, 2.05) is 43.3 Å². The van der Waals surface area contributed by atoms with Gasteiger partial charge in [0.25, 0.3) is 0 Å². The fraction of sp³-hybridized carbons (Fsp3) is 0.370. The summed E-state index contributed by atoms with van der Waals surface area (Å²) in [5, 5.41) is 6.39. The van der Waals surface area contributed by atoms with E-state index in [0.717, 1.165) is 30.8 Å². The molecule has 9 heteroatoms. The maximum absolute atomic E-state index is 13.0. The van der Waals surface area contributed by atoms with Crippen molar-refractivity contribution in [2.75, 3.05) is 44.6 Å². The van der Waals surface area contributed by atoms with Crippen LogP contribution in [0.4, 0.5) is 17.5 Å². The lowest BCUT2D eigenvalue weighted by atomic mass is 9.96. The Labute approximate surface area is 211 Å². The summed E-state index contributed by atoms with van der Waals surface area (Å²) in [6.07, 6.45) is 3.48. The van der Waals surface area contributed by atoms with Crippen LogP contribution in [0.5, 0.6) is 17.2 Å². The first kappa shape index (κ1) is 25.1. The minimum absolute atomic E-state index is 0.0394. The zero-order valence-corrected chi connectivity index (χ0v) is 21.2. The summed E-state index contributed by atoms with van der Waals surface area (Å²) in [5.41, 5.74) is 1.80. The topological polar surface area (TPSA) is 97.8 Å². The number of methoxy groups -OCH3 is 3. The molecule has 2 N–H and O–H groups in total. The highest BCUT2D eigenvalue weighted by atomic mass is 16.5. The van der Waals surface area contributed by atoms with E-state index in [0.29, 0.717) is 35.4 Å². The highest BCUT2D eigenvalue weighted by molar-refractivity contribution is 5.80. The molecule has 0 aliphatic carbocycles. The Bertz CT molecular complexity index is 1150. The molecule has 2 atom stereocenters. The van der Waals surface area contributed by atoms with Crippen LogP contribution in [0.3, 0.4) is 0 Å². The number of aromatic nitrogens is 2. The van der Waals surface area contributed by atoms with Crippen molar-refractivity contribution in [2.24, 2.45) is 5.92 Å². The summed E-state index contributed by atoms with van der Waals surface area (Å²) in [5.74, 6) is 2.75. The molecule has 1 fully saturated rings. The lowest BCUT2D eigenvalue weighted by molar-refractivity contribution is -0.125. The molecule has 0 radical (unpaired) electrons. The van der Waals surface area contributed by atoms with Crippen molar-refractivity contribution in [3.05, 3.63) is 60.3 Å². The lowest BCUT2D eigenvalue weighted by Gasteiger charge is -2.33. The number of benzene rings is 2. The van der Waals surface area contributed by atoms with E-state index in [1.54, 1.807) is 39.7 Å². The van der Waals surface area contributed by atoms with Crippen LogP contribution in [-0.2, 0) is 4.79 Å². The number of nitrogens with zero attached hydrogens (tertiary/aromatic N) is 3. The van der Waals surface area contributed by atoms with Gasteiger partial charge in [-0.1, -0.05) is 30.3 Å². The van der Waals surface area contributed by atoms with Crippen molar-refractivity contribution in [1.29, 1.82) is 0 Å². The van der Waals surface area contributed by atoms with Gasteiger partial charge in [0, 0.05) is 37.1 Å². The van der Waals surface area contributed by atoms with Gasteiger partial charge in [0.15, 0.2) is 11.5 Å². The molecule has 4 rings (SSSR count). The summed E-state index contributed by atoms with van der Waals surface area (Å²) in [6.45, 7) is 3.45. The van der Waals surface area contributed by atoms with E-state index in [4.69, 9.17) is 19.2 Å². The Morgan fingerprint density at radius 3 is 2.44 bits per heavy atom. The quantitative estimate of drug-likeness (QED) is 0.456.